The first-order chi connectivity index (χ1) is 12.0. The van der Waals surface area contributed by atoms with Crippen molar-refractivity contribution in [1.82, 2.24) is 15.6 Å². The highest BCUT2D eigenvalue weighted by Crippen LogP contribution is 2.19. The fraction of sp³-hybridized carbons (Fsp3) is 0.389. The van der Waals surface area contributed by atoms with Gasteiger partial charge in [0.15, 0.2) is 0 Å². The number of nitriles is 1. The smallest absolute Gasteiger partial charge is 0.407 e. The van der Waals surface area contributed by atoms with E-state index in [-0.39, 0.29) is 25.5 Å². The molecule has 7 nitrogen and oxygen atoms in total. The van der Waals surface area contributed by atoms with E-state index < -0.39 is 18.0 Å². The number of carbonyl (C=O) groups is 2. The Bertz CT molecular complexity index is 776. The minimum Gasteiger partial charge on any atom is -0.449 e. The van der Waals surface area contributed by atoms with Gasteiger partial charge in [-0.3, -0.25) is 4.79 Å². The normalized spacial score (nSPS) is 11.8. The molecule has 0 radical (unpaired) electrons. The first-order valence-electron chi connectivity index (χ1n) is 8.14. The van der Waals surface area contributed by atoms with Crippen molar-refractivity contribution in [2.24, 2.45) is 5.92 Å². The molecule has 0 aliphatic heterocycles. The second-order valence-corrected chi connectivity index (χ2v) is 6.13. The average Bonchev–Trinajstić information content (AvgIpc) is 3.00. The van der Waals surface area contributed by atoms with Crippen LogP contribution >= 0.6 is 0 Å². The van der Waals surface area contributed by atoms with E-state index in [1.165, 1.54) is 0 Å². The minimum absolute atomic E-state index is 0.119. The van der Waals surface area contributed by atoms with E-state index in [4.69, 9.17) is 10.00 Å². The maximum atomic E-state index is 12.3. The van der Waals surface area contributed by atoms with E-state index >= 15 is 0 Å². The van der Waals surface area contributed by atoms with Crippen molar-refractivity contribution in [3.05, 3.63) is 36.0 Å². The SMILES string of the molecule is CC(C)COC(=O)NC(Cc1c[nH]c2ccccc12)C(=O)NCC#N. The molecule has 2 rings (SSSR count). The fourth-order valence-electron chi connectivity index (χ4n) is 2.41. The minimum atomic E-state index is -0.827. The lowest BCUT2D eigenvalue weighted by Crippen LogP contribution is -2.48. The Morgan fingerprint density at radius 2 is 2.08 bits per heavy atom. The molecule has 0 fully saturated rings. The molecule has 1 aromatic heterocycles. The third kappa shape index (κ3) is 5.24. The van der Waals surface area contributed by atoms with Gasteiger partial charge in [-0.05, 0) is 17.5 Å². The van der Waals surface area contributed by atoms with E-state index in [1.54, 1.807) is 0 Å². The molecule has 1 atom stereocenters. The van der Waals surface area contributed by atoms with Gasteiger partial charge in [-0.25, -0.2) is 4.79 Å². The summed E-state index contributed by atoms with van der Waals surface area (Å²) in [5.41, 5.74) is 1.85. The highest BCUT2D eigenvalue weighted by atomic mass is 16.5. The number of aromatic amines is 1. The van der Waals surface area contributed by atoms with Gasteiger partial charge in [-0.2, -0.15) is 5.26 Å². The lowest BCUT2D eigenvalue weighted by Gasteiger charge is -2.18. The monoisotopic (exact) mass is 342 g/mol. The van der Waals surface area contributed by atoms with Crippen molar-refractivity contribution in [3.8, 4) is 6.07 Å². The van der Waals surface area contributed by atoms with E-state index in [1.807, 2.05) is 50.4 Å². The van der Waals surface area contributed by atoms with Crippen LogP contribution in [-0.4, -0.2) is 36.2 Å². The molecule has 1 aromatic carbocycles. The van der Waals surface area contributed by atoms with Gasteiger partial charge in [-0.15, -0.1) is 0 Å². The average molecular weight is 342 g/mol. The molecule has 132 valence electrons. The number of aromatic nitrogens is 1. The van der Waals surface area contributed by atoms with Crippen molar-refractivity contribution < 1.29 is 14.3 Å². The highest BCUT2D eigenvalue weighted by Gasteiger charge is 2.23. The second-order valence-electron chi connectivity index (χ2n) is 6.13. The molecule has 1 unspecified atom stereocenters. The molecule has 0 spiro atoms. The van der Waals surface area contributed by atoms with Crippen LogP contribution in [0.1, 0.15) is 19.4 Å². The molecular weight excluding hydrogens is 320 g/mol. The molecule has 2 amide bonds. The third-order valence-corrected chi connectivity index (χ3v) is 3.60. The summed E-state index contributed by atoms with van der Waals surface area (Å²) in [6, 6.07) is 8.74. The fourth-order valence-corrected chi connectivity index (χ4v) is 2.41. The Morgan fingerprint density at radius 1 is 1.32 bits per heavy atom. The molecular formula is C18H22N4O3. The zero-order valence-corrected chi connectivity index (χ0v) is 14.3. The number of nitrogens with one attached hydrogen (secondary N) is 3. The third-order valence-electron chi connectivity index (χ3n) is 3.60. The maximum Gasteiger partial charge on any atom is 0.407 e. The molecule has 0 saturated carbocycles. The van der Waals surface area contributed by atoms with Crippen LogP contribution in [0.15, 0.2) is 30.5 Å². The largest absolute Gasteiger partial charge is 0.449 e. The molecule has 0 aliphatic rings. The van der Waals surface area contributed by atoms with Gasteiger partial charge in [0.1, 0.15) is 12.6 Å². The summed E-state index contributed by atoms with van der Waals surface area (Å²) in [6.45, 7) is 4.00. The van der Waals surface area contributed by atoms with E-state index in [0.717, 1.165) is 16.5 Å². The van der Waals surface area contributed by atoms with Gasteiger partial charge in [0.25, 0.3) is 0 Å². The molecule has 3 N–H and O–H groups in total. The predicted molar refractivity (Wildman–Crippen MR) is 93.7 cm³/mol. The summed E-state index contributed by atoms with van der Waals surface area (Å²) in [5.74, 6) is -0.224. The topological polar surface area (TPSA) is 107 Å². The molecule has 0 bridgehead atoms. The summed E-state index contributed by atoms with van der Waals surface area (Å²) in [5, 5.41) is 14.7. The number of H-pyrrole nitrogens is 1. The molecule has 1 heterocycles. The van der Waals surface area contributed by atoms with Crippen molar-refractivity contribution in [2.45, 2.75) is 26.3 Å². The number of amides is 2. The van der Waals surface area contributed by atoms with Crippen LogP contribution in [0.5, 0.6) is 0 Å². The number of para-hydroxylation sites is 1. The van der Waals surface area contributed by atoms with Crippen LogP contribution in [0.3, 0.4) is 0 Å². The zero-order valence-electron chi connectivity index (χ0n) is 14.3. The molecule has 25 heavy (non-hydrogen) atoms. The quantitative estimate of drug-likeness (QED) is 0.670. The van der Waals surface area contributed by atoms with E-state index in [0.29, 0.717) is 0 Å². The van der Waals surface area contributed by atoms with Crippen molar-refractivity contribution in [1.29, 1.82) is 5.26 Å². The first-order valence-corrected chi connectivity index (χ1v) is 8.14. The summed E-state index contributed by atoms with van der Waals surface area (Å²) in [6.07, 6.45) is 1.46. The molecule has 2 aromatic rings. The number of alkyl carbamates (subject to hydrolysis) is 1. The number of fused-ring (bicyclic) bond motifs is 1. The van der Waals surface area contributed by atoms with Crippen LogP contribution in [0.2, 0.25) is 0 Å². The summed E-state index contributed by atoms with van der Waals surface area (Å²) in [7, 11) is 0. The number of nitrogens with zero attached hydrogens (tertiary/aromatic N) is 1. The van der Waals surface area contributed by atoms with E-state index in [2.05, 4.69) is 15.6 Å². The Kier molecular flexibility index (Phi) is 6.40. The Hall–Kier alpha value is -3.01. The second kappa shape index (κ2) is 8.73. The van der Waals surface area contributed by atoms with Crippen molar-refractivity contribution >= 4 is 22.9 Å². The van der Waals surface area contributed by atoms with Crippen molar-refractivity contribution in [2.75, 3.05) is 13.2 Å². The van der Waals surface area contributed by atoms with Crippen LogP contribution in [0, 0.1) is 17.2 Å². The Balaban J connectivity index is 2.12. The predicted octanol–water partition coefficient (Wildman–Crippen LogP) is 2.10. The summed E-state index contributed by atoms with van der Waals surface area (Å²) >= 11 is 0. The van der Waals surface area contributed by atoms with Gasteiger partial charge in [0.05, 0.1) is 12.7 Å². The van der Waals surface area contributed by atoms with Crippen LogP contribution in [0.25, 0.3) is 10.9 Å². The molecule has 7 heteroatoms. The number of hydrogen-bond acceptors (Lipinski definition) is 4. The number of benzene rings is 1. The van der Waals surface area contributed by atoms with Crippen molar-refractivity contribution in [3.63, 3.8) is 0 Å². The van der Waals surface area contributed by atoms with Gasteiger partial charge < -0.3 is 20.4 Å². The zero-order chi connectivity index (χ0) is 18.2. The summed E-state index contributed by atoms with van der Waals surface area (Å²) < 4.78 is 5.09. The maximum absolute atomic E-state index is 12.3. The van der Waals surface area contributed by atoms with Gasteiger partial charge >= 0.3 is 6.09 Å². The Labute approximate surface area is 146 Å². The van der Waals surface area contributed by atoms with Gasteiger partial charge in [-0.1, -0.05) is 32.0 Å². The number of hydrogen-bond donors (Lipinski definition) is 3. The van der Waals surface area contributed by atoms with Crippen LogP contribution < -0.4 is 10.6 Å². The number of rotatable bonds is 7. The standard InChI is InChI=1S/C18H22N4O3/c1-12(2)11-25-18(24)22-16(17(23)20-8-7-19)9-13-10-21-15-6-4-3-5-14(13)15/h3-6,10,12,16,21H,8-9,11H2,1-2H3,(H,20,23)(H,22,24). The van der Waals surface area contributed by atoms with E-state index in [9.17, 15) is 9.59 Å². The van der Waals surface area contributed by atoms with Gasteiger partial charge in [0.2, 0.25) is 5.91 Å². The molecule has 0 aliphatic carbocycles. The lowest BCUT2D eigenvalue weighted by atomic mass is 10.0. The van der Waals surface area contributed by atoms with Crippen LogP contribution in [-0.2, 0) is 16.0 Å². The van der Waals surface area contributed by atoms with Crippen LogP contribution in [0.4, 0.5) is 4.79 Å². The summed E-state index contributed by atoms with van der Waals surface area (Å²) in [4.78, 5) is 27.4. The van der Waals surface area contributed by atoms with Gasteiger partial charge in [0, 0.05) is 23.5 Å². The lowest BCUT2D eigenvalue weighted by molar-refractivity contribution is -0.122. The molecule has 0 saturated heterocycles. The number of ether oxygens (including phenoxy) is 1. The highest BCUT2D eigenvalue weighted by molar-refractivity contribution is 5.88. The Morgan fingerprint density at radius 3 is 2.80 bits per heavy atom. The number of carbonyl (C=O) groups excluding carboxylic acids is 2. The first kappa shape index (κ1) is 18.3.